The molecule has 0 aliphatic carbocycles. The predicted molar refractivity (Wildman–Crippen MR) is 52.0 cm³/mol. The molecule has 0 heterocycles. The third kappa shape index (κ3) is 9.14. The zero-order chi connectivity index (χ0) is 9.94. The summed E-state index contributed by atoms with van der Waals surface area (Å²) in [5.74, 6) is 4.64. The van der Waals surface area contributed by atoms with Crippen LogP contribution in [-0.4, -0.2) is 12.6 Å². The number of carbonyl (C=O) groups is 1. The van der Waals surface area contributed by atoms with Gasteiger partial charge in [-0.25, -0.2) is 4.79 Å². The van der Waals surface area contributed by atoms with E-state index >= 15 is 0 Å². The van der Waals surface area contributed by atoms with Crippen molar-refractivity contribution in [1.29, 1.82) is 0 Å². The maximum atomic E-state index is 10.5. The van der Waals surface area contributed by atoms with Crippen molar-refractivity contribution in [2.75, 3.05) is 6.54 Å². The van der Waals surface area contributed by atoms with E-state index in [0.29, 0.717) is 6.54 Å². The van der Waals surface area contributed by atoms with Gasteiger partial charge in [0.25, 0.3) is 0 Å². The summed E-state index contributed by atoms with van der Waals surface area (Å²) in [6, 6.07) is 0. The molecule has 0 atom stereocenters. The first-order valence-electron chi connectivity index (χ1n) is 4.95. The molecule has 4 heteroatoms. The highest BCUT2D eigenvalue weighted by atomic mass is 16.7. The van der Waals surface area contributed by atoms with Gasteiger partial charge in [-0.15, -0.1) is 0 Å². The second kappa shape index (κ2) is 9.32. The molecule has 0 bridgehead atoms. The van der Waals surface area contributed by atoms with Gasteiger partial charge in [-0.2, -0.15) is 5.90 Å². The summed E-state index contributed by atoms with van der Waals surface area (Å²) in [6.07, 6.45) is 6.71. The highest BCUT2D eigenvalue weighted by molar-refractivity contribution is 5.66. The number of rotatable bonds is 7. The van der Waals surface area contributed by atoms with Crippen LogP contribution in [0.1, 0.15) is 45.4 Å². The Morgan fingerprint density at radius 1 is 1.23 bits per heavy atom. The number of hydrogen-bond donors (Lipinski definition) is 2. The maximum absolute atomic E-state index is 10.5. The minimum atomic E-state index is -0.548. The molecule has 0 aliphatic rings. The first-order chi connectivity index (χ1) is 6.31. The summed E-state index contributed by atoms with van der Waals surface area (Å²) in [4.78, 5) is 14.4. The van der Waals surface area contributed by atoms with Crippen molar-refractivity contribution in [2.24, 2.45) is 5.90 Å². The SMILES string of the molecule is CCCCCCCCNC(=O)ON. The largest absolute Gasteiger partial charge is 0.425 e. The van der Waals surface area contributed by atoms with Crippen molar-refractivity contribution < 1.29 is 9.63 Å². The summed E-state index contributed by atoms with van der Waals surface area (Å²) in [5.41, 5.74) is 0. The van der Waals surface area contributed by atoms with E-state index in [1.54, 1.807) is 0 Å². The first-order valence-corrected chi connectivity index (χ1v) is 4.95. The minimum Gasteiger partial charge on any atom is -0.357 e. The molecule has 0 unspecified atom stereocenters. The van der Waals surface area contributed by atoms with Gasteiger partial charge < -0.3 is 10.2 Å². The Kier molecular flexibility index (Phi) is 8.77. The summed E-state index contributed by atoms with van der Waals surface area (Å²) < 4.78 is 0. The lowest BCUT2D eigenvalue weighted by Gasteiger charge is -2.02. The monoisotopic (exact) mass is 188 g/mol. The summed E-state index contributed by atoms with van der Waals surface area (Å²) in [6.45, 7) is 2.85. The number of hydrogen-bond acceptors (Lipinski definition) is 3. The van der Waals surface area contributed by atoms with E-state index in [1.807, 2.05) is 0 Å². The van der Waals surface area contributed by atoms with E-state index in [0.717, 1.165) is 12.8 Å². The van der Waals surface area contributed by atoms with Crippen molar-refractivity contribution in [1.82, 2.24) is 5.32 Å². The standard InChI is InChI=1S/C9H20N2O2/c1-2-3-4-5-6-7-8-11-9(12)13-10/h2-8,10H2,1H3,(H,11,12). The molecular weight excluding hydrogens is 168 g/mol. The van der Waals surface area contributed by atoms with Gasteiger partial charge in [-0.3, -0.25) is 0 Å². The van der Waals surface area contributed by atoms with Crippen LogP contribution in [0.2, 0.25) is 0 Å². The molecule has 0 spiro atoms. The lowest BCUT2D eigenvalue weighted by molar-refractivity contribution is 0.147. The van der Waals surface area contributed by atoms with Gasteiger partial charge in [0.15, 0.2) is 0 Å². The third-order valence-electron chi connectivity index (χ3n) is 1.91. The van der Waals surface area contributed by atoms with Crippen LogP contribution >= 0.6 is 0 Å². The molecular formula is C9H20N2O2. The van der Waals surface area contributed by atoms with Crippen LogP contribution in [0.3, 0.4) is 0 Å². The molecule has 0 saturated heterocycles. The second-order valence-corrected chi connectivity index (χ2v) is 3.10. The van der Waals surface area contributed by atoms with E-state index < -0.39 is 6.09 Å². The summed E-state index contributed by atoms with van der Waals surface area (Å²) >= 11 is 0. The summed E-state index contributed by atoms with van der Waals surface area (Å²) in [7, 11) is 0. The fraction of sp³-hybridized carbons (Fsp3) is 0.889. The van der Waals surface area contributed by atoms with Crippen molar-refractivity contribution in [3.8, 4) is 0 Å². The number of nitrogens with two attached hydrogens (primary N) is 1. The quantitative estimate of drug-likeness (QED) is 0.474. The van der Waals surface area contributed by atoms with Crippen molar-refractivity contribution >= 4 is 6.09 Å². The van der Waals surface area contributed by atoms with Crippen LogP contribution in [0.25, 0.3) is 0 Å². The fourth-order valence-corrected chi connectivity index (χ4v) is 1.14. The van der Waals surface area contributed by atoms with Gasteiger partial charge in [0.2, 0.25) is 0 Å². The molecule has 0 aromatic rings. The zero-order valence-corrected chi connectivity index (χ0v) is 8.34. The van der Waals surface area contributed by atoms with Crippen LogP contribution in [0, 0.1) is 0 Å². The topological polar surface area (TPSA) is 64.3 Å². The highest BCUT2D eigenvalue weighted by Crippen LogP contribution is 2.03. The molecule has 1 amide bonds. The Bertz CT molecular complexity index is 129. The minimum absolute atomic E-state index is 0.548. The van der Waals surface area contributed by atoms with E-state index in [1.165, 1.54) is 25.7 Å². The van der Waals surface area contributed by atoms with Crippen LogP contribution in [0.15, 0.2) is 0 Å². The summed E-state index contributed by atoms with van der Waals surface area (Å²) in [5, 5.41) is 2.54. The van der Waals surface area contributed by atoms with Crippen molar-refractivity contribution in [2.45, 2.75) is 45.4 Å². The zero-order valence-electron chi connectivity index (χ0n) is 8.34. The molecule has 78 valence electrons. The molecule has 0 aromatic heterocycles. The van der Waals surface area contributed by atoms with E-state index in [9.17, 15) is 4.79 Å². The Labute approximate surface area is 79.8 Å². The first kappa shape index (κ1) is 12.2. The van der Waals surface area contributed by atoms with Crippen molar-refractivity contribution in [3.05, 3.63) is 0 Å². The molecule has 0 aliphatic heterocycles. The van der Waals surface area contributed by atoms with Gasteiger partial charge in [0, 0.05) is 6.54 Å². The maximum Gasteiger partial charge on any atom is 0.425 e. The normalized spacial score (nSPS) is 9.69. The molecule has 0 rings (SSSR count). The Balaban J connectivity index is 2.95. The Morgan fingerprint density at radius 2 is 1.85 bits per heavy atom. The highest BCUT2D eigenvalue weighted by Gasteiger charge is 1.96. The van der Waals surface area contributed by atoms with Gasteiger partial charge in [0.05, 0.1) is 0 Å². The molecule has 0 radical (unpaired) electrons. The number of nitrogens with one attached hydrogen (secondary N) is 1. The molecule has 4 nitrogen and oxygen atoms in total. The smallest absolute Gasteiger partial charge is 0.357 e. The predicted octanol–water partition coefficient (Wildman–Crippen LogP) is 1.95. The molecule has 0 aromatic carbocycles. The van der Waals surface area contributed by atoms with Gasteiger partial charge in [-0.05, 0) is 6.42 Å². The number of amides is 1. The van der Waals surface area contributed by atoms with Gasteiger partial charge in [0.1, 0.15) is 0 Å². The Morgan fingerprint density at radius 3 is 2.46 bits per heavy atom. The van der Waals surface area contributed by atoms with E-state index in [-0.39, 0.29) is 0 Å². The lowest BCUT2D eigenvalue weighted by Crippen LogP contribution is -2.27. The second-order valence-electron chi connectivity index (χ2n) is 3.10. The average molecular weight is 188 g/mol. The average Bonchev–Trinajstić information content (AvgIpc) is 2.16. The lowest BCUT2D eigenvalue weighted by atomic mass is 10.1. The van der Waals surface area contributed by atoms with E-state index in [4.69, 9.17) is 0 Å². The van der Waals surface area contributed by atoms with Crippen LogP contribution in [-0.2, 0) is 4.84 Å². The van der Waals surface area contributed by atoms with E-state index in [2.05, 4.69) is 23.0 Å². The van der Waals surface area contributed by atoms with Crippen LogP contribution in [0.4, 0.5) is 4.79 Å². The van der Waals surface area contributed by atoms with Crippen LogP contribution < -0.4 is 11.2 Å². The van der Waals surface area contributed by atoms with Crippen LogP contribution in [0.5, 0.6) is 0 Å². The number of carbonyl (C=O) groups excluding carboxylic acids is 1. The van der Waals surface area contributed by atoms with Gasteiger partial charge >= 0.3 is 6.09 Å². The Hall–Kier alpha value is -0.770. The molecule has 13 heavy (non-hydrogen) atoms. The van der Waals surface area contributed by atoms with Gasteiger partial charge in [-0.1, -0.05) is 39.0 Å². The molecule has 0 fully saturated rings. The molecule has 3 N–H and O–H groups in total. The molecule has 0 saturated carbocycles. The number of unbranched alkanes of at least 4 members (excludes halogenated alkanes) is 5. The van der Waals surface area contributed by atoms with Crippen molar-refractivity contribution in [3.63, 3.8) is 0 Å². The fourth-order valence-electron chi connectivity index (χ4n) is 1.14. The third-order valence-corrected chi connectivity index (χ3v) is 1.91.